The van der Waals surface area contributed by atoms with E-state index in [1.165, 1.54) is 13.2 Å². The molecule has 1 aromatic heterocycles. The third kappa shape index (κ3) is 5.31. The van der Waals surface area contributed by atoms with Crippen molar-refractivity contribution in [3.05, 3.63) is 84.2 Å². The van der Waals surface area contributed by atoms with Gasteiger partial charge in [0.2, 0.25) is 0 Å². The number of rotatable bonds is 6. The Hall–Kier alpha value is -3.87. The molecule has 0 radical (unpaired) electrons. The first-order valence-corrected chi connectivity index (χ1v) is 8.58. The Bertz CT molecular complexity index is 943. The molecule has 0 aliphatic rings. The molecule has 3 rings (SSSR count). The van der Waals surface area contributed by atoms with E-state index in [2.05, 4.69) is 15.6 Å². The Morgan fingerprint density at radius 2 is 1.71 bits per heavy atom. The van der Waals surface area contributed by atoms with Gasteiger partial charge in [0.05, 0.1) is 0 Å². The molecule has 0 spiro atoms. The topological polar surface area (TPSA) is 89.6 Å². The molecule has 0 aliphatic carbocycles. The first-order chi connectivity index (χ1) is 13.6. The quantitative estimate of drug-likeness (QED) is 0.678. The minimum absolute atomic E-state index is 0.198. The molecule has 7 nitrogen and oxygen atoms in total. The molecule has 0 saturated carbocycles. The standard InChI is InChI=1S/C21H19N3O4/c1-22-20(25)19-13-18(11-12-23-19)28-17-9-7-16(8-10-17)24-21(26)27-14-15-5-3-2-4-6-15/h2-13H,14H2,1H3,(H,22,25)(H,24,26). The van der Waals surface area contributed by atoms with Crippen molar-refractivity contribution < 1.29 is 19.1 Å². The highest BCUT2D eigenvalue weighted by Gasteiger charge is 2.08. The van der Waals surface area contributed by atoms with E-state index in [1.54, 1.807) is 36.4 Å². The van der Waals surface area contributed by atoms with E-state index in [4.69, 9.17) is 9.47 Å². The summed E-state index contributed by atoms with van der Waals surface area (Å²) in [4.78, 5) is 27.5. The molecular formula is C21H19N3O4. The van der Waals surface area contributed by atoms with Gasteiger partial charge in [-0.25, -0.2) is 4.79 Å². The average Bonchev–Trinajstić information content (AvgIpc) is 2.74. The van der Waals surface area contributed by atoms with E-state index in [9.17, 15) is 9.59 Å². The van der Waals surface area contributed by atoms with Crippen LogP contribution in [0.1, 0.15) is 16.1 Å². The van der Waals surface area contributed by atoms with Crippen molar-refractivity contribution in [3.63, 3.8) is 0 Å². The molecule has 28 heavy (non-hydrogen) atoms. The van der Waals surface area contributed by atoms with Crippen LogP contribution in [-0.4, -0.2) is 24.0 Å². The van der Waals surface area contributed by atoms with Gasteiger partial charge in [-0.1, -0.05) is 30.3 Å². The fourth-order valence-corrected chi connectivity index (χ4v) is 2.35. The van der Waals surface area contributed by atoms with Crippen molar-refractivity contribution in [2.45, 2.75) is 6.61 Å². The van der Waals surface area contributed by atoms with Crippen molar-refractivity contribution in [1.82, 2.24) is 10.3 Å². The second-order valence-electron chi connectivity index (χ2n) is 5.77. The minimum Gasteiger partial charge on any atom is -0.457 e. The molecule has 0 saturated heterocycles. The summed E-state index contributed by atoms with van der Waals surface area (Å²) >= 11 is 0. The number of nitrogens with one attached hydrogen (secondary N) is 2. The van der Waals surface area contributed by atoms with Crippen LogP contribution in [0.15, 0.2) is 72.9 Å². The Morgan fingerprint density at radius 1 is 0.964 bits per heavy atom. The zero-order chi connectivity index (χ0) is 19.8. The lowest BCUT2D eigenvalue weighted by Crippen LogP contribution is -2.18. The number of carbonyl (C=O) groups is 2. The second-order valence-corrected chi connectivity index (χ2v) is 5.77. The maximum absolute atomic E-state index is 11.9. The predicted octanol–water partition coefficient (Wildman–Crippen LogP) is 3.98. The van der Waals surface area contributed by atoms with Crippen molar-refractivity contribution in [1.29, 1.82) is 0 Å². The normalized spacial score (nSPS) is 10.0. The molecule has 7 heteroatoms. The van der Waals surface area contributed by atoms with Crippen LogP contribution in [0, 0.1) is 0 Å². The fraction of sp³-hybridized carbons (Fsp3) is 0.0952. The molecule has 0 atom stereocenters. The summed E-state index contributed by atoms with van der Waals surface area (Å²) in [6.45, 7) is 0.198. The molecule has 0 bridgehead atoms. The smallest absolute Gasteiger partial charge is 0.411 e. The maximum Gasteiger partial charge on any atom is 0.411 e. The van der Waals surface area contributed by atoms with E-state index in [1.807, 2.05) is 30.3 Å². The first kappa shape index (κ1) is 18.9. The van der Waals surface area contributed by atoms with Gasteiger partial charge in [0.15, 0.2) is 0 Å². The molecule has 0 unspecified atom stereocenters. The van der Waals surface area contributed by atoms with Crippen LogP contribution < -0.4 is 15.4 Å². The average molecular weight is 377 g/mol. The summed E-state index contributed by atoms with van der Waals surface area (Å²) in [5, 5.41) is 5.16. The molecule has 0 aliphatic heterocycles. The molecule has 142 valence electrons. The Morgan fingerprint density at radius 3 is 2.43 bits per heavy atom. The van der Waals surface area contributed by atoms with Gasteiger partial charge in [-0.15, -0.1) is 0 Å². The van der Waals surface area contributed by atoms with Crippen molar-refractivity contribution in [3.8, 4) is 11.5 Å². The largest absolute Gasteiger partial charge is 0.457 e. The molecule has 0 fully saturated rings. The van der Waals surface area contributed by atoms with Gasteiger partial charge < -0.3 is 14.8 Å². The van der Waals surface area contributed by atoms with Gasteiger partial charge in [0.1, 0.15) is 23.8 Å². The molecule has 2 N–H and O–H groups in total. The number of hydrogen-bond donors (Lipinski definition) is 2. The number of carbonyl (C=O) groups excluding carboxylic acids is 2. The third-order valence-electron chi connectivity index (χ3n) is 3.74. The zero-order valence-corrected chi connectivity index (χ0v) is 15.2. The lowest BCUT2D eigenvalue weighted by molar-refractivity contribution is 0.0957. The maximum atomic E-state index is 11.9. The number of amides is 2. The van der Waals surface area contributed by atoms with E-state index in [0.29, 0.717) is 17.2 Å². The molecule has 2 aromatic carbocycles. The predicted molar refractivity (Wildman–Crippen MR) is 104 cm³/mol. The number of aromatic nitrogens is 1. The van der Waals surface area contributed by atoms with Crippen LogP contribution in [-0.2, 0) is 11.3 Å². The third-order valence-corrected chi connectivity index (χ3v) is 3.74. The highest BCUT2D eigenvalue weighted by molar-refractivity contribution is 5.92. The summed E-state index contributed by atoms with van der Waals surface area (Å²) < 4.78 is 10.9. The summed E-state index contributed by atoms with van der Waals surface area (Å²) in [6.07, 6.45) is 0.959. The second kappa shape index (κ2) is 9.18. The SMILES string of the molecule is CNC(=O)c1cc(Oc2ccc(NC(=O)OCc3ccccc3)cc2)ccn1. The van der Waals surface area contributed by atoms with Crippen LogP contribution in [0.2, 0.25) is 0 Å². The minimum atomic E-state index is -0.540. The molecular weight excluding hydrogens is 358 g/mol. The van der Waals surface area contributed by atoms with E-state index in [-0.39, 0.29) is 18.2 Å². The number of nitrogens with zero attached hydrogens (tertiary/aromatic N) is 1. The summed E-state index contributed by atoms with van der Waals surface area (Å²) in [7, 11) is 1.54. The summed E-state index contributed by atoms with van der Waals surface area (Å²) in [5.74, 6) is 0.743. The zero-order valence-electron chi connectivity index (χ0n) is 15.2. The monoisotopic (exact) mass is 377 g/mol. The van der Waals surface area contributed by atoms with Crippen molar-refractivity contribution >= 4 is 17.7 Å². The number of hydrogen-bond acceptors (Lipinski definition) is 5. The van der Waals surface area contributed by atoms with Crippen molar-refractivity contribution in [2.24, 2.45) is 0 Å². The van der Waals surface area contributed by atoms with Gasteiger partial charge in [0.25, 0.3) is 5.91 Å². The lowest BCUT2D eigenvalue weighted by Gasteiger charge is -2.09. The van der Waals surface area contributed by atoms with E-state index in [0.717, 1.165) is 5.56 Å². The number of ether oxygens (including phenoxy) is 2. The molecule has 1 heterocycles. The molecule has 2 amide bonds. The van der Waals surface area contributed by atoms with Crippen LogP contribution in [0.4, 0.5) is 10.5 Å². The Labute approximate surface area is 162 Å². The van der Waals surface area contributed by atoms with Gasteiger partial charge in [0, 0.05) is 25.0 Å². The highest BCUT2D eigenvalue weighted by atomic mass is 16.5. The number of benzene rings is 2. The fourth-order valence-electron chi connectivity index (χ4n) is 2.35. The van der Waals surface area contributed by atoms with Crippen molar-refractivity contribution in [2.75, 3.05) is 12.4 Å². The van der Waals surface area contributed by atoms with Crippen LogP contribution in [0.5, 0.6) is 11.5 Å². The van der Waals surface area contributed by atoms with Crippen LogP contribution in [0.3, 0.4) is 0 Å². The van der Waals surface area contributed by atoms with Gasteiger partial charge in [-0.2, -0.15) is 0 Å². The molecule has 3 aromatic rings. The number of pyridine rings is 1. The highest BCUT2D eigenvalue weighted by Crippen LogP contribution is 2.23. The summed E-state index contributed by atoms with van der Waals surface area (Å²) in [6, 6.07) is 19.4. The van der Waals surface area contributed by atoms with Gasteiger partial charge in [-0.3, -0.25) is 15.1 Å². The van der Waals surface area contributed by atoms with E-state index < -0.39 is 6.09 Å². The van der Waals surface area contributed by atoms with Gasteiger partial charge >= 0.3 is 6.09 Å². The van der Waals surface area contributed by atoms with E-state index >= 15 is 0 Å². The van der Waals surface area contributed by atoms with Gasteiger partial charge in [-0.05, 0) is 35.9 Å². The summed E-state index contributed by atoms with van der Waals surface area (Å²) in [5.41, 5.74) is 1.75. The number of anilines is 1. The Balaban J connectivity index is 1.55. The first-order valence-electron chi connectivity index (χ1n) is 8.58. The Kier molecular flexibility index (Phi) is 6.20. The van der Waals surface area contributed by atoms with Crippen LogP contribution in [0.25, 0.3) is 0 Å². The lowest BCUT2D eigenvalue weighted by atomic mass is 10.2. The van der Waals surface area contributed by atoms with Crippen LogP contribution >= 0.6 is 0 Å².